The van der Waals surface area contributed by atoms with Crippen molar-refractivity contribution in [2.75, 3.05) is 17.9 Å². The maximum Gasteiger partial charge on any atom is 0.262 e. The second-order valence-electron chi connectivity index (χ2n) is 6.89. The molecule has 4 rings (SSSR count). The van der Waals surface area contributed by atoms with Crippen LogP contribution in [-0.4, -0.2) is 31.6 Å². The zero-order valence-electron chi connectivity index (χ0n) is 17.2. The first-order chi connectivity index (χ1) is 15.4. The highest BCUT2D eigenvalue weighted by Crippen LogP contribution is 2.31. The largest absolute Gasteiger partial charge is 0.490 e. The molecule has 7 nitrogen and oxygen atoms in total. The van der Waals surface area contributed by atoms with Crippen LogP contribution in [0.3, 0.4) is 0 Å². The molecule has 0 bridgehead atoms. The lowest BCUT2D eigenvalue weighted by atomic mass is 10.2. The Morgan fingerprint density at radius 3 is 2.59 bits per heavy atom. The standard InChI is InChI=1S/C23H20ClN3O4S/c1-16-19(24)8-5-9-22(16)32(28,29)27-21-14-17-15-25-11-10-20(17)26-23(21)31-13-12-30-18-6-3-2-4-7-18/h2-11,14-15,27H,12-13H2,1H3. The van der Waals surface area contributed by atoms with Crippen LogP contribution in [0.5, 0.6) is 11.6 Å². The van der Waals surface area contributed by atoms with E-state index in [1.165, 1.54) is 6.07 Å². The molecule has 4 aromatic rings. The lowest BCUT2D eigenvalue weighted by Gasteiger charge is -2.15. The molecule has 0 radical (unpaired) electrons. The fourth-order valence-corrected chi connectivity index (χ4v) is 4.62. The summed E-state index contributed by atoms with van der Waals surface area (Å²) in [4.78, 5) is 8.62. The van der Waals surface area contributed by atoms with Crippen molar-refractivity contribution in [1.29, 1.82) is 0 Å². The molecule has 0 amide bonds. The predicted octanol–water partition coefficient (Wildman–Crippen LogP) is 4.85. The summed E-state index contributed by atoms with van der Waals surface area (Å²) in [5.41, 5.74) is 1.28. The molecule has 0 spiro atoms. The lowest BCUT2D eigenvalue weighted by molar-refractivity contribution is 0.213. The fourth-order valence-electron chi connectivity index (χ4n) is 3.08. The van der Waals surface area contributed by atoms with Gasteiger partial charge in [-0.15, -0.1) is 0 Å². The average molecular weight is 470 g/mol. The Bertz CT molecular complexity index is 1350. The van der Waals surface area contributed by atoms with Crippen molar-refractivity contribution < 1.29 is 17.9 Å². The molecule has 164 valence electrons. The Kier molecular flexibility index (Phi) is 6.43. The third-order valence-electron chi connectivity index (χ3n) is 4.67. The molecule has 2 aromatic carbocycles. The maximum absolute atomic E-state index is 13.1. The van der Waals surface area contributed by atoms with Gasteiger partial charge in [-0.05, 0) is 48.9 Å². The third kappa shape index (κ3) is 4.92. The summed E-state index contributed by atoms with van der Waals surface area (Å²) in [5, 5.41) is 1.03. The van der Waals surface area contributed by atoms with Crippen molar-refractivity contribution >= 4 is 38.2 Å². The van der Waals surface area contributed by atoms with Gasteiger partial charge in [0, 0.05) is 22.8 Å². The monoisotopic (exact) mass is 469 g/mol. The minimum atomic E-state index is -3.94. The Hall–Kier alpha value is -3.36. The van der Waals surface area contributed by atoms with Gasteiger partial charge in [0.1, 0.15) is 24.7 Å². The van der Waals surface area contributed by atoms with E-state index in [0.717, 1.165) is 0 Å². The van der Waals surface area contributed by atoms with Crippen LogP contribution < -0.4 is 14.2 Å². The van der Waals surface area contributed by atoms with Crippen molar-refractivity contribution in [3.63, 3.8) is 0 Å². The number of anilines is 1. The molecule has 32 heavy (non-hydrogen) atoms. The van der Waals surface area contributed by atoms with Crippen molar-refractivity contribution in [2.45, 2.75) is 11.8 Å². The number of fused-ring (bicyclic) bond motifs is 1. The van der Waals surface area contributed by atoms with Crippen LogP contribution in [0, 0.1) is 6.92 Å². The maximum atomic E-state index is 13.1. The predicted molar refractivity (Wildman–Crippen MR) is 124 cm³/mol. The van der Waals surface area contributed by atoms with E-state index >= 15 is 0 Å². The van der Waals surface area contributed by atoms with Crippen LogP contribution in [0.1, 0.15) is 5.56 Å². The number of benzene rings is 2. The Morgan fingerprint density at radius 2 is 1.78 bits per heavy atom. The number of nitrogens with zero attached hydrogens (tertiary/aromatic N) is 2. The van der Waals surface area contributed by atoms with E-state index in [9.17, 15) is 8.42 Å². The molecule has 0 aliphatic heterocycles. The SMILES string of the molecule is Cc1c(Cl)cccc1S(=O)(=O)Nc1cc2cnccc2nc1OCCOc1ccccc1. The van der Waals surface area contributed by atoms with E-state index in [0.29, 0.717) is 27.2 Å². The van der Waals surface area contributed by atoms with Gasteiger partial charge in [-0.2, -0.15) is 0 Å². The topological polar surface area (TPSA) is 90.4 Å². The molecule has 0 unspecified atom stereocenters. The van der Waals surface area contributed by atoms with Crippen molar-refractivity contribution in [3.05, 3.63) is 83.6 Å². The molecule has 2 heterocycles. The molecular weight excluding hydrogens is 450 g/mol. The highest BCUT2D eigenvalue weighted by atomic mass is 35.5. The van der Waals surface area contributed by atoms with E-state index < -0.39 is 10.0 Å². The number of para-hydroxylation sites is 1. The molecular formula is C23H20ClN3O4S. The third-order valence-corrected chi connectivity index (χ3v) is 6.59. The number of sulfonamides is 1. The van der Waals surface area contributed by atoms with Crippen LogP contribution in [0.4, 0.5) is 5.69 Å². The van der Waals surface area contributed by atoms with Gasteiger partial charge >= 0.3 is 0 Å². The number of pyridine rings is 2. The quantitative estimate of drug-likeness (QED) is 0.371. The summed E-state index contributed by atoms with van der Waals surface area (Å²) >= 11 is 6.12. The van der Waals surface area contributed by atoms with Crippen LogP contribution in [0.15, 0.2) is 78.0 Å². The summed E-state index contributed by atoms with van der Waals surface area (Å²) in [6.07, 6.45) is 3.21. The smallest absolute Gasteiger partial charge is 0.262 e. The Balaban J connectivity index is 1.60. The van der Waals surface area contributed by atoms with Gasteiger partial charge < -0.3 is 9.47 Å². The molecule has 0 atom stereocenters. The van der Waals surface area contributed by atoms with E-state index in [2.05, 4.69) is 14.7 Å². The number of hydrogen-bond acceptors (Lipinski definition) is 6. The van der Waals surface area contributed by atoms with Gasteiger partial charge in [-0.3, -0.25) is 9.71 Å². The Labute approximate surface area is 191 Å². The number of aromatic nitrogens is 2. The number of nitrogens with one attached hydrogen (secondary N) is 1. The average Bonchev–Trinajstić information content (AvgIpc) is 2.79. The van der Waals surface area contributed by atoms with E-state index in [1.54, 1.807) is 43.6 Å². The molecule has 0 saturated heterocycles. The fraction of sp³-hybridized carbons (Fsp3) is 0.130. The highest BCUT2D eigenvalue weighted by molar-refractivity contribution is 7.92. The number of rotatable bonds is 8. The van der Waals surface area contributed by atoms with Gasteiger partial charge in [-0.1, -0.05) is 35.9 Å². The van der Waals surface area contributed by atoms with Crippen LogP contribution >= 0.6 is 11.6 Å². The normalized spacial score (nSPS) is 11.3. The summed E-state index contributed by atoms with van der Waals surface area (Å²) in [5.74, 6) is 0.856. The molecule has 0 saturated carbocycles. The van der Waals surface area contributed by atoms with E-state index in [-0.39, 0.29) is 29.7 Å². The van der Waals surface area contributed by atoms with E-state index in [1.807, 2.05) is 30.3 Å². The second kappa shape index (κ2) is 9.42. The molecule has 2 aromatic heterocycles. The number of hydrogen-bond donors (Lipinski definition) is 1. The molecule has 1 N–H and O–H groups in total. The minimum Gasteiger partial charge on any atom is -0.490 e. The first kappa shape index (κ1) is 21.9. The van der Waals surface area contributed by atoms with Crippen molar-refractivity contribution in [1.82, 2.24) is 9.97 Å². The molecule has 0 aliphatic carbocycles. The molecule has 0 aliphatic rings. The second-order valence-corrected chi connectivity index (χ2v) is 8.95. The van der Waals surface area contributed by atoms with Crippen LogP contribution in [-0.2, 0) is 10.0 Å². The molecule has 0 fully saturated rings. The zero-order chi connectivity index (χ0) is 22.6. The minimum absolute atomic E-state index is 0.0784. The first-order valence-electron chi connectivity index (χ1n) is 9.77. The van der Waals surface area contributed by atoms with Gasteiger partial charge in [0.15, 0.2) is 0 Å². The first-order valence-corrected chi connectivity index (χ1v) is 11.6. The summed E-state index contributed by atoms with van der Waals surface area (Å²) in [6.45, 7) is 2.08. The zero-order valence-corrected chi connectivity index (χ0v) is 18.7. The van der Waals surface area contributed by atoms with Crippen LogP contribution in [0.2, 0.25) is 5.02 Å². The van der Waals surface area contributed by atoms with Gasteiger partial charge in [-0.25, -0.2) is 13.4 Å². The lowest BCUT2D eigenvalue weighted by Crippen LogP contribution is -2.17. The van der Waals surface area contributed by atoms with Gasteiger partial charge in [0.2, 0.25) is 5.88 Å². The Morgan fingerprint density at radius 1 is 1.00 bits per heavy atom. The number of ether oxygens (including phenoxy) is 2. The van der Waals surface area contributed by atoms with E-state index in [4.69, 9.17) is 21.1 Å². The van der Waals surface area contributed by atoms with Gasteiger partial charge in [0.25, 0.3) is 10.0 Å². The van der Waals surface area contributed by atoms with Crippen molar-refractivity contribution in [3.8, 4) is 11.6 Å². The summed E-state index contributed by atoms with van der Waals surface area (Å²) in [7, 11) is -3.94. The van der Waals surface area contributed by atoms with Crippen molar-refractivity contribution in [2.24, 2.45) is 0 Å². The molecule has 9 heteroatoms. The number of halogens is 1. The van der Waals surface area contributed by atoms with Gasteiger partial charge in [0.05, 0.1) is 10.4 Å². The summed E-state index contributed by atoms with van der Waals surface area (Å²) in [6, 6.07) is 17.4. The highest BCUT2D eigenvalue weighted by Gasteiger charge is 2.21. The van der Waals surface area contributed by atoms with Crippen LogP contribution in [0.25, 0.3) is 10.9 Å². The summed E-state index contributed by atoms with van der Waals surface area (Å²) < 4.78 is 40.2.